The number of carbonyl (C=O) groups is 2. The van der Waals surface area contributed by atoms with Crippen LogP contribution < -0.4 is 0 Å². The van der Waals surface area contributed by atoms with Crippen molar-refractivity contribution in [1.29, 1.82) is 0 Å². The van der Waals surface area contributed by atoms with Crippen LogP contribution in [0.15, 0.2) is 18.2 Å². The largest absolute Gasteiger partial charge is 0.469 e. The molecule has 2 atom stereocenters. The van der Waals surface area contributed by atoms with E-state index in [1.165, 1.54) is 7.11 Å². The summed E-state index contributed by atoms with van der Waals surface area (Å²) in [6.07, 6.45) is 0. The molecule has 5 heteroatoms. The normalized spacial score (nSPS) is 21.9. The molecular weight excluding hydrogens is 369 g/mol. The Morgan fingerprint density at radius 3 is 2.70 bits per heavy atom. The Bertz CT molecular complexity index is 544. The average molecular weight is 387 g/mol. The lowest BCUT2D eigenvalue weighted by atomic mass is 9.99. The molecule has 1 amide bonds. The molecule has 0 saturated carbocycles. The van der Waals surface area contributed by atoms with E-state index < -0.39 is 0 Å². The molecule has 0 bridgehead atoms. The van der Waals surface area contributed by atoms with Gasteiger partial charge < -0.3 is 9.64 Å². The Hall–Kier alpha value is -1.11. The van der Waals surface area contributed by atoms with Crippen LogP contribution in [0.2, 0.25) is 0 Å². The van der Waals surface area contributed by atoms with Gasteiger partial charge in [-0.25, -0.2) is 0 Å². The molecule has 1 aromatic carbocycles. The number of hydrogen-bond acceptors (Lipinski definition) is 3. The second kappa shape index (κ2) is 6.11. The van der Waals surface area contributed by atoms with Crippen LogP contribution in [0.25, 0.3) is 0 Å². The quantitative estimate of drug-likeness (QED) is 0.579. The van der Waals surface area contributed by atoms with Crippen LogP contribution in [0.5, 0.6) is 0 Å². The Morgan fingerprint density at radius 1 is 1.35 bits per heavy atom. The minimum atomic E-state index is -0.230. The Labute approximate surface area is 132 Å². The van der Waals surface area contributed by atoms with Crippen LogP contribution >= 0.6 is 22.6 Å². The lowest BCUT2D eigenvalue weighted by Crippen LogP contribution is -2.30. The van der Waals surface area contributed by atoms with Gasteiger partial charge >= 0.3 is 5.97 Å². The molecule has 4 nitrogen and oxygen atoms in total. The summed E-state index contributed by atoms with van der Waals surface area (Å²) >= 11 is 2.20. The molecule has 0 aliphatic carbocycles. The smallest absolute Gasteiger partial charge is 0.310 e. The molecule has 0 radical (unpaired) electrons. The highest BCUT2D eigenvalue weighted by Gasteiger charge is 2.38. The van der Waals surface area contributed by atoms with Crippen LogP contribution in [0, 0.1) is 22.3 Å². The summed E-state index contributed by atoms with van der Waals surface area (Å²) in [5, 5.41) is 0. The van der Waals surface area contributed by atoms with E-state index in [0.717, 1.165) is 9.13 Å². The molecule has 2 rings (SSSR count). The van der Waals surface area contributed by atoms with Gasteiger partial charge in [0.2, 0.25) is 0 Å². The van der Waals surface area contributed by atoms with Gasteiger partial charge in [-0.1, -0.05) is 19.1 Å². The number of esters is 1. The summed E-state index contributed by atoms with van der Waals surface area (Å²) < 4.78 is 5.78. The van der Waals surface area contributed by atoms with Crippen molar-refractivity contribution in [2.24, 2.45) is 11.8 Å². The fraction of sp³-hybridized carbons (Fsp3) is 0.467. The Morgan fingerprint density at radius 2 is 2.05 bits per heavy atom. The van der Waals surface area contributed by atoms with Gasteiger partial charge in [0, 0.05) is 16.7 Å². The first-order valence-electron chi connectivity index (χ1n) is 6.58. The van der Waals surface area contributed by atoms with Crippen LogP contribution in [0.4, 0.5) is 0 Å². The van der Waals surface area contributed by atoms with Gasteiger partial charge in [-0.15, -0.1) is 0 Å². The molecule has 1 aromatic rings. The molecule has 0 N–H and O–H groups in total. The zero-order valence-electron chi connectivity index (χ0n) is 11.9. The minimum Gasteiger partial charge on any atom is -0.469 e. The van der Waals surface area contributed by atoms with Crippen LogP contribution in [-0.2, 0) is 9.53 Å². The van der Waals surface area contributed by atoms with E-state index >= 15 is 0 Å². The molecule has 1 saturated heterocycles. The van der Waals surface area contributed by atoms with Crippen LogP contribution in [0.3, 0.4) is 0 Å². The minimum absolute atomic E-state index is 0.00338. The van der Waals surface area contributed by atoms with E-state index in [2.05, 4.69) is 22.6 Å². The molecule has 1 heterocycles. The summed E-state index contributed by atoms with van der Waals surface area (Å²) in [4.78, 5) is 26.0. The molecule has 20 heavy (non-hydrogen) atoms. The number of amides is 1. The third kappa shape index (κ3) is 2.82. The summed E-state index contributed by atoms with van der Waals surface area (Å²) in [6, 6.07) is 5.72. The maximum Gasteiger partial charge on any atom is 0.310 e. The van der Waals surface area contributed by atoms with E-state index in [4.69, 9.17) is 4.74 Å². The first-order chi connectivity index (χ1) is 9.45. The predicted molar refractivity (Wildman–Crippen MR) is 84.5 cm³/mol. The molecule has 1 aliphatic heterocycles. The number of likely N-dealkylation sites (tertiary alicyclic amines) is 1. The third-order valence-electron chi connectivity index (χ3n) is 3.83. The van der Waals surface area contributed by atoms with Gasteiger partial charge in [0.1, 0.15) is 0 Å². The van der Waals surface area contributed by atoms with Gasteiger partial charge in [-0.05, 0) is 47.1 Å². The third-order valence-corrected chi connectivity index (χ3v) is 5.26. The standard InChI is InChI=1S/C15H18INO3/c1-9-5-4-6-11(13(9)16)14(18)17-7-10(2)12(8-17)15(19)20-3/h4-6,10,12H,7-8H2,1-3H3. The number of nitrogens with zero attached hydrogens (tertiary/aromatic N) is 1. The fourth-order valence-corrected chi connectivity index (χ4v) is 3.16. The average Bonchev–Trinajstić information content (AvgIpc) is 2.82. The van der Waals surface area contributed by atoms with E-state index in [-0.39, 0.29) is 23.7 Å². The van der Waals surface area contributed by atoms with Crippen molar-refractivity contribution in [3.05, 3.63) is 32.9 Å². The highest BCUT2D eigenvalue weighted by atomic mass is 127. The number of aryl methyl sites for hydroxylation is 1. The van der Waals surface area contributed by atoms with Crippen molar-refractivity contribution >= 4 is 34.5 Å². The summed E-state index contributed by atoms with van der Waals surface area (Å²) in [5.41, 5.74) is 1.80. The van der Waals surface area contributed by atoms with Crippen molar-refractivity contribution in [2.45, 2.75) is 13.8 Å². The first kappa shape index (κ1) is 15.3. The van der Waals surface area contributed by atoms with Crippen molar-refractivity contribution in [1.82, 2.24) is 4.90 Å². The molecule has 0 aromatic heterocycles. The maximum absolute atomic E-state index is 12.6. The SMILES string of the molecule is COC(=O)C1CN(C(=O)c2cccc(C)c2I)CC1C. The summed E-state index contributed by atoms with van der Waals surface area (Å²) in [6.45, 7) is 5.01. The number of benzene rings is 1. The van der Waals surface area contributed by atoms with E-state index in [1.54, 1.807) is 4.90 Å². The first-order valence-corrected chi connectivity index (χ1v) is 7.65. The number of carbonyl (C=O) groups excluding carboxylic acids is 2. The lowest BCUT2D eigenvalue weighted by Gasteiger charge is -2.17. The van der Waals surface area contributed by atoms with Crippen molar-refractivity contribution < 1.29 is 14.3 Å². The molecular formula is C15H18INO3. The van der Waals surface area contributed by atoms with Gasteiger partial charge in [-0.2, -0.15) is 0 Å². The zero-order valence-corrected chi connectivity index (χ0v) is 14.0. The summed E-state index contributed by atoms with van der Waals surface area (Å²) in [5.74, 6) is -0.316. The topological polar surface area (TPSA) is 46.6 Å². The second-order valence-corrected chi connectivity index (χ2v) is 6.33. The van der Waals surface area contributed by atoms with Crippen LogP contribution in [-0.4, -0.2) is 37.0 Å². The number of methoxy groups -OCH3 is 1. The van der Waals surface area contributed by atoms with Crippen molar-refractivity contribution in [2.75, 3.05) is 20.2 Å². The second-order valence-electron chi connectivity index (χ2n) is 5.25. The Kier molecular flexibility index (Phi) is 4.67. The molecule has 1 fully saturated rings. The molecule has 0 spiro atoms. The van der Waals surface area contributed by atoms with Crippen LogP contribution in [0.1, 0.15) is 22.8 Å². The van der Waals surface area contributed by atoms with Gasteiger partial charge in [-0.3, -0.25) is 9.59 Å². The number of hydrogen-bond donors (Lipinski definition) is 0. The number of rotatable bonds is 2. The highest BCUT2D eigenvalue weighted by molar-refractivity contribution is 14.1. The van der Waals surface area contributed by atoms with Crippen molar-refractivity contribution in [3.8, 4) is 0 Å². The van der Waals surface area contributed by atoms with E-state index in [1.807, 2.05) is 32.0 Å². The maximum atomic E-state index is 12.6. The van der Waals surface area contributed by atoms with Gasteiger partial charge in [0.05, 0.1) is 18.6 Å². The monoisotopic (exact) mass is 387 g/mol. The highest BCUT2D eigenvalue weighted by Crippen LogP contribution is 2.27. The molecule has 2 unspecified atom stereocenters. The molecule has 108 valence electrons. The lowest BCUT2D eigenvalue weighted by molar-refractivity contribution is -0.146. The number of ether oxygens (including phenoxy) is 1. The summed E-state index contributed by atoms with van der Waals surface area (Å²) in [7, 11) is 1.39. The van der Waals surface area contributed by atoms with E-state index in [0.29, 0.717) is 18.7 Å². The van der Waals surface area contributed by atoms with Gasteiger partial charge in [0.15, 0.2) is 0 Å². The predicted octanol–water partition coefficient (Wildman–Crippen LogP) is 2.48. The van der Waals surface area contributed by atoms with Crippen molar-refractivity contribution in [3.63, 3.8) is 0 Å². The number of halogens is 1. The Balaban J connectivity index is 2.19. The molecule has 1 aliphatic rings. The van der Waals surface area contributed by atoms with Gasteiger partial charge in [0.25, 0.3) is 5.91 Å². The van der Waals surface area contributed by atoms with E-state index in [9.17, 15) is 9.59 Å². The zero-order chi connectivity index (χ0) is 14.9. The fourth-order valence-electron chi connectivity index (χ4n) is 2.57.